The monoisotopic (exact) mass is 691 g/mol. The zero-order valence-corrected chi connectivity index (χ0v) is 28.8. The molecule has 2 aromatic heterocycles. The lowest BCUT2D eigenvalue weighted by Gasteiger charge is -2.36. The van der Waals surface area contributed by atoms with E-state index >= 15 is 0 Å². The first-order valence-electron chi connectivity index (χ1n) is 17.3. The SMILES string of the molecule is CN1CCN(CC2=CNC(=C3CN(c4ccnc(-c5cnn(S(=O)(=O)C6CC6)c5)n4)C(=N)C=C3NC3CCC(NCCF)CC3)C=C2)CC1. The van der Waals surface area contributed by atoms with Crippen molar-refractivity contribution in [1.82, 2.24) is 44.9 Å². The Morgan fingerprint density at radius 2 is 1.84 bits per heavy atom. The smallest absolute Gasteiger partial charge is 0.256 e. The molecule has 0 aromatic carbocycles. The van der Waals surface area contributed by atoms with E-state index in [0.717, 1.165) is 79.5 Å². The minimum Gasteiger partial charge on any atom is -0.382 e. The first-order chi connectivity index (χ1) is 23.8. The Kier molecular flexibility index (Phi) is 9.94. The molecule has 49 heavy (non-hydrogen) atoms. The van der Waals surface area contributed by atoms with Crippen LogP contribution in [0.2, 0.25) is 0 Å². The van der Waals surface area contributed by atoms with Gasteiger partial charge in [-0.05, 0) is 63.3 Å². The summed E-state index contributed by atoms with van der Waals surface area (Å²) in [5.74, 6) is 1.16. The number of hydrogen-bond acceptors (Lipinski definition) is 11. The normalized spacial score (nSPS) is 25.6. The van der Waals surface area contributed by atoms with Gasteiger partial charge in [0.25, 0.3) is 10.0 Å². The largest absolute Gasteiger partial charge is 0.382 e. The summed E-state index contributed by atoms with van der Waals surface area (Å²) in [7, 11) is -1.35. The molecule has 0 amide bonds. The topological polar surface area (TPSA) is 147 Å². The summed E-state index contributed by atoms with van der Waals surface area (Å²) in [6.07, 6.45) is 18.0. The van der Waals surface area contributed by atoms with Crippen molar-refractivity contribution in [2.75, 3.05) is 64.4 Å². The van der Waals surface area contributed by atoms with Crippen LogP contribution in [-0.2, 0) is 10.0 Å². The number of hydrogen-bond donors (Lipinski definition) is 4. The highest BCUT2D eigenvalue weighted by Gasteiger charge is 2.38. The van der Waals surface area contributed by atoms with Crippen molar-refractivity contribution in [3.05, 3.63) is 71.6 Å². The van der Waals surface area contributed by atoms with Gasteiger partial charge in [0.05, 0.1) is 29.8 Å². The molecular weight excluding hydrogens is 646 g/mol. The van der Waals surface area contributed by atoms with Crippen molar-refractivity contribution in [2.45, 2.75) is 55.9 Å². The van der Waals surface area contributed by atoms with Gasteiger partial charge in [0, 0.05) is 86.8 Å². The van der Waals surface area contributed by atoms with Crippen LogP contribution in [0, 0.1) is 5.41 Å². The van der Waals surface area contributed by atoms with Crippen LogP contribution < -0.4 is 20.9 Å². The van der Waals surface area contributed by atoms with Gasteiger partial charge in [0.1, 0.15) is 18.3 Å². The molecule has 15 heteroatoms. The van der Waals surface area contributed by atoms with Crippen LogP contribution in [0.15, 0.2) is 71.6 Å². The number of dihydropyridines is 1. The van der Waals surface area contributed by atoms with Gasteiger partial charge in [-0.25, -0.2) is 22.8 Å². The zero-order chi connectivity index (χ0) is 34.0. The van der Waals surface area contributed by atoms with E-state index < -0.39 is 10.0 Å². The van der Waals surface area contributed by atoms with Crippen LogP contribution in [0.25, 0.3) is 11.4 Å². The summed E-state index contributed by atoms with van der Waals surface area (Å²) >= 11 is 0. The maximum absolute atomic E-state index is 12.7. The van der Waals surface area contributed by atoms with E-state index in [2.05, 4.69) is 61.2 Å². The molecule has 7 rings (SSSR count). The predicted molar refractivity (Wildman–Crippen MR) is 188 cm³/mol. The molecule has 5 heterocycles. The van der Waals surface area contributed by atoms with Crippen LogP contribution in [0.5, 0.6) is 0 Å². The number of allylic oxidation sites excluding steroid dienone is 1. The quantitative estimate of drug-likeness (QED) is 0.276. The third-order valence-electron chi connectivity index (χ3n) is 9.97. The maximum Gasteiger partial charge on any atom is 0.256 e. The summed E-state index contributed by atoms with van der Waals surface area (Å²) in [5, 5.41) is 23.4. The van der Waals surface area contributed by atoms with Crippen LogP contribution >= 0.6 is 0 Å². The van der Waals surface area contributed by atoms with Crippen molar-refractivity contribution in [2.24, 2.45) is 0 Å². The second-order valence-electron chi connectivity index (χ2n) is 13.6. The molecule has 2 aliphatic carbocycles. The molecule has 2 saturated carbocycles. The molecule has 13 nitrogen and oxygen atoms in total. The van der Waals surface area contributed by atoms with Crippen molar-refractivity contribution < 1.29 is 12.8 Å². The van der Waals surface area contributed by atoms with Crippen LogP contribution in [0.4, 0.5) is 10.2 Å². The standard InChI is InChI=1S/C34H46FN11O2S/c1-43-14-16-44(17-15-43)21-24-2-9-30(39-19-24)29-23-45(32(36)18-31(29)41-27-5-3-26(4-6-27)37-13-11-35)33-10-12-38-34(42-33)25-20-40-46(22-25)49(47,48)28-7-8-28/h2,9-10,12,18-20,22,26-28,36-37,39,41H,3-8,11,13-17,21,23H2,1H3. The summed E-state index contributed by atoms with van der Waals surface area (Å²) in [6.45, 7) is 5.56. The second kappa shape index (κ2) is 14.5. The van der Waals surface area contributed by atoms with E-state index in [-0.39, 0.29) is 23.8 Å². The van der Waals surface area contributed by atoms with Crippen molar-refractivity contribution in [3.8, 4) is 11.4 Å². The molecule has 4 N–H and O–H groups in total. The van der Waals surface area contributed by atoms with E-state index in [1.54, 1.807) is 12.3 Å². The van der Waals surface area contributed by atoms with Crippen LogP contribution in [0.1, 0.15) is 38.5 Å². The Hall–Kier alpha value is -3.92. The van der Waals surface area contributed by atoms with Crippen molar-refractivity contribution >= 4 is 21.7 Å². The minimum absolute atomic E-state index is 0.245. The fourth-order valence-corrected chi connectivity index (χ4v) is 8.31. The lowest BCUT2D eigenvalue weighted by atomic mass is 9.90. The highest BCUT2D eigenvalue weighted by atomic mass is 32.2. The second-order valence-corrected chi connectivity index (χ2v) is 15.7. The van der Waals surface area contributed by atoms with Crippen molar-refractivity contribution in [3.63, 3.8) is 0 Å². The number of halogens is 1. The number of nitrogens with zero attached hydrogens (tertiary/aromatic N) is 7. The Morgan fingerprint density at radius 1 is 1.06 bits per heavy atom. The van der Waals surface area contributed by atoms with E-state index in [1.165, 1.54) is 18.0 Å². The number of nitrogens with one attached hydrogen (secondary N) is 4. The first-order valence-corrected chi connectivity index (χ1v) is 18.8. The summed E-state index contributed by atoms with van der Waals surface area (Å²) in [5.41, 5.74) is 4.60. The van der Waals surface area contributed by atoms with Gasteiger partial charge in [-0.2, -0.15) is 9.19 Å². The number of anilines is 1. The lowest BCUT2D eigenvalue weighted by molar-refractivity contribution is 0.164. The summed E-state index contributed by atoms with van der Waals surface area (Å²) in [6, 6.07) is 2.34. The average Bonchev–Trinajstić information content (AvgIpc) is 3.86. The summed E-state index contributed by atoms with van der Waals surface area (Å²) < 4.78 is 39.2. The fourth-order valence-electron chi connectivity index (χ4n) is 6.84. The lowest BCUT2D eigenvalue weighted by Crippen LogP contribution is -2.45. The molecule has 3 aliphatic heterocycles. The Morgan fingerprint density at radius 3 is 2.55 bits per heavy atom. The van der Waals surface area contributed by atoms with Crippen LogP contribution in [-0.4, -0.2) is 120 Å². The number of alkyl halides is 1. The highest BCUT2D eigenvalue weighted by Crippen LogP contribution is 2.31. The van der Waals surface area contributed by atoms with Gasteiger partial charge in [0.15, 0.2) is 5.82 Å². The number of rotatable bonds is 11. The molecule has 2 aromatic rings. The van der Waals surface area contributed by atoms with Crippen molar-refractivity contribution in [1.29, 1.82) is 5.41 Å². The Balaban J connectivity index is 1.12. The molecule has 0 bridgehead atoms. The highest BCUT2D eigenvalue weighted by molar-refractivity contribution is 7.90. The van der Waals surface area contributed by atoms with Crippen LogP contribution in [0.3, 0.4) is 0 Å². The fraction of sp³-hybridized carbons (Fsp3) is 0.529. The summed E-state index contributed by atoms with van der Waals surface area (Å²) in [4.78, 5) is 15.8. The molecule has 0 spiro atoms. The zero-order valence-electron chi connectivity index (χ0n) is 28.0. The van der Waals surface area contributed by atoms with E-state index in [1.807, 2.05) is 11.0 Å². The molecule has 1 saturated heterocycles. The van der Waals surface area contributed by atoms with Gasteiger partial charge < -0.3 is 25.8 Å². The maximum atomic E-state index is 12.7. The van der Waals surface area contributed by atoms with E-state index in [0.29, 0.717) is 49.2 Å². The Bertz CT molecular complexity index is 1760. The average molecular weight is 692 g/mol. The first kappa shape index (κ1) is 33.6. The molecule has 0 unspecified atom stereocenters. The minimum atomic E-state index is -3.51. The predicted octanol–water partition coefficient (Wildman–Crippen LogP) is 2.37. The third kappa shape index (κ3) is 7.79. The molecule has 0 radical (unpaired) electrons. The van der Waals surface area contributed by atoms with Gasteiger partial charge in [-0.3, -0.25) is 10.3 Å². The molecule has 3 fully saturated rings. The van der Waals surface area contributed by atoms with Gasteiger partial charge >= 0.3 is 0 Å². The van der Waals surface area contributed by atoms with E-state index in [9.17, 15) is 12.8 Å². The molecule has 0 atom stereocenters. The number of likely N-dealkylation sites (N-methyl/N-ethyl adjacent to an activating group) is 1. The number of amidine groups is 1. The van der Waals surface area contributed by atoms with Gasteiger partial charge in [-0.15, -0.1) is 0 Å². The molecular formula is C34H46FN11O2S. The van der Waals surface area contributed by atoms with Gasteiger partial charge in [0.2, 0.25) is 0 Å². The Labute approximate surface area is 287 Å². The molecule has 5 aliphatic rings. The number of piperazine rings is 1. The number of aromatic nitrogens is 4. The molecule has 262 valence electrons. The van der Waals surface area contributed by atoms with E-state index in [4.69, 9.17) is 10.4 Å². The third-order valence-corrected chi connectivity index (χ3v) is 12.0. The van der Waals surface area contributed by atoms with Gasteiger partial charge in [-0.1, -0.05) is 6.08 Å².